The summed E-state index contributed by atoms with van der Waals surface area (Å²) in [7, 11) is 0. The molecular weight excluding hydrogens is 246 g/mol. The normalized spacial score (nSPS) is 13.8. The average Bonchev–Trinajstić information content (AvgIpc) is 2.81. The Kier molecular flexibility index (Phi) is 6.05. The van der Waals surface area contributed by atoms with Crippen LogP contribution in [0.3, 0.4) is 0 Å². The van der Waals surface area contributed by atoms with E-state index in [4.69, 9.17) is 5.11 Å². The number of carbonyl (C=O) groups is 2. The van der Waals surface area contributed by atoms with E-state index in [9.17, 15) is 9.59 Å². The Bertz CT molecular complexity index is 403. The van der Waals surface area contributed by atoms with Gasteiger partial charge in [-0.1, -0.05) is 13.3 Å². The van der Waals surface area contributed by atoms with Crippen LogP contribution >= 0.6 is 0 Å². The zero-order valence-corrected chi connectivity index (χ0v) is 11.4. The highest BCUT2D eigenvalue weighted by Crippen LogP contribution is 2.09. The molecule has 0 aliphatic carbocycles. The number of carbonyl (C=O) groups excluding carboxylic acids is 1. The Morgan fingerprint density at radius 1 is 1.37 bits per heavy atom. The Morgan fingerprint density at radius 2 is 2.11 bits per heavy atom. The van der Waals surface area contributed by atoms with Crippen molar-refractivity contribution in [1.82, 2.24) is 15.1 Å². The summed E-state index contributed by atoms with van der Waals surface area (Å²) in [6.45, 7) is 3.83. The van der Waals surface area contributed by atoms with Crippen molar-refractivity contribution in [2.45, 2.75) is 45.7 Å². The van der Waals surface area contributed by atoms with Crippen molar-refractivity contribution in [1.29, 1.82) is 0 Å². The lowest BCUT2D eigenvalue weighted by atomic mass is 10.0. The number of amides is 1. The summed E-state index contributed by atoms with van der Waals surface area (Å²) in [5.41, 5.74) is 0. The fourth-order valence-electron chi connectivity index (χ4n) is 1.79. The maximum Gasteiger partial charge on any atom is 0.306 e. The molecule has 0 aliphatic rings. The van der Waals surface area contributed by atoms with Crippen LogP contribution in [0.25, 0.3) is 0 Å². The number of carboxylic acids is 1. The van der Waals surface area contributed by atoms with E-state index < -0.39 is 5.97 Å². The molecule has 0 aliphatic heterocycles. The van der Waals surface area contributed by atoms with Crippen molar-refractivity contribution in [2.24, 2.45) is 5.92 Å². The van der Waals surface area contributed by atoms with Crippen LogP contribution in [0.5, 0.6) is 0 Å². The lowest BCUT2D eigenvalue weighted by Crippen LogP contribution is -2.35. The third-order valence-electron chi connectivity index (χ3n) is 2.97. The van der Waals surface area contributed by atoms with Crippen molar-refractivity contribution in [2.75, 3.05) is 0 Å². The van der Waals surface area contributed by atoms with Gasteiger partial charge >= 0.3 is 5.97 Å². The number of aromatic nitrogens is 2. The summed E-state index contributed by atoms with van der Waals surface area (Å²) in [6.07, 6.45) is 5.57. The second-order valence-electron chi connectivity index (χ2n) is 4.84. The molecule has 1 rings (SSSR count). The van der Waals surface area contributed by atoms with Gasteiger partial charge in [-0.25, -0.2) is 0 Å². The molecule has 0 saturated carbocycles. The Hall–Kier alpha value is -1.85. The summed E-state index contributed by atoms with van der Waals surface area (Å²) in [6, 6.07) is 1.81. The number of hydrogen-bond acceptors (Lipinski definition) is 3. The molecule has 0 fully saturated rings. The SMILES string of the molecule is CC(CCCC(C)C(=O)O)NC(=O)Cn1cccn1. The van der Waals surface area contributed by atoms with E-state index in [2.05, 4.69) is 10.4 Å². The van der Waals surface area contributed by atoms with Gasteiger partial charge in [-0.3, -0.25) is 14.3 Å². The predicted octanol–water partition coefficient (Wildman–Crippen LogP) is 1.28. The molecule has 1 aromatic heterocycles. The van der Waals surface area contributed by atoms with E-state index in [0.29, 0.717) is 6.42 Å². The number of aliphatic carboxylic acids is 1. The van der Waals surface area contributed by atoms with E-state index in [1.165, 1.54) is 0 Å². The Labute approximate surface area is 112 Å². The maximum absolute atomic E-state index is 11.7. The number of rotatable bonds is 8. The van der Waals surface area contributed by atoms with Crippen LogP contribution < -0.4 is 5.32 Å². The van der Waals surface area contributed by atoms with E-state index in [1.54, 1.807) is 30.1 Å². The van der Waals surface area contributed by atoms with Crippen LogP contribution in [0.15, 0.2) is 18.5 Å². The van der Waals surface area contributed by atoms with E-state index in [1.807, 2.05) is 6.92 Å². The molecule has 0 saturated heterocycles. The molecule has 2 N–H and O–H groups in total. The van der Waals surface area contributed by atoms with Crippen LogP contribution in [-0.2, 0) is 16.1 Å². The number of carboxylic acid groups (broad SMARTS) is 1. The second-order valence-corrected chi connectivity index (χ2v) is 4.84. The van der Waals surface area contributed by atoms with Crippen molar-refractivity contribution in [3.8, 4) is 0 Å². The van der Waals surface area contributed by atoms with Gasteiger partial charge in [-0.05, 0) is 25.8 Å². The smallest absolute Gasteiger partial charge is 0.306 e. The van der Waals surface area contributed by atoms with Gasteiger partial charge in [0.1, 0.15) is 6.54 Å². The van der Waals surface area contributed by atoms with E-state index >= 15 is 0 Å². The largest absolute Gasteiger partial charge is 0.481 e. The third kappa shape index (κ3) is 6.03. The highest BCUT2D eigenvalue weighted by Gasteiger charge is 2.12. The van der Waals surface area contributed by atoms with Crippen molar-refractivity contribution >= 4 is 11.9 Å². The minimum absolute atomic E-state index is 0.0454. The summed E-state index contributed by atoms with van der Waals surface area (Å²) < 4.78 is 1.56. The van der Waals surface area contributed by atoms with Gasteiger partial charge in [0.15, 0.2) is 0 Å². The number of hydrogen-bond donors (Lipinski definition) is 2. The predicted molar refractivity (Wildman–Crippen MR) is 70.5 cm³/mol. The lowest BCUT2D eigenvalue weighted by Gasteiger charge is -2.14. The van der Waals surface area contributed by atoms with Crippen LogP contribution in [0, 0.1) is 5.92 Å². The van der Waals surface area contributed by atoms with Gasteiger partial charge in [-0.2, -0.15) is 5.10 Å². The average molecular weight is 267 g/mol. The highest BCUT2D eigenvalue weighted by molar-refractivity contribution is 5.75. The molecule has 1 heterocycles. The van der Waals surface area contributed by atoms with E-state index in [0.717, 1.165) is 12.8 Å². The maximum atomic E-state index is 11.7. The molecule has 6 heteroatoms. The molecular formula is C13H21N3O3. The molecule has 1 aromatic rings. The quantitative estimate of drug-likeness (QED) is 0.743. The van der Waals surface area contributed by atoms with Crippen molar-refractivity contribution < 1.29 is 14.7 Å². The van der Waals surface area contributed by atoms with Crippen molar-refractivity contribution in [3.63, 3.8) is 0 Å². The van der Waals surface area contributed by atoms with Crippen LogP contribution in [0.2, 0.25) is 0 Å². The van der Waals surface area contributed by atoms with Crippen LogP contribution in [0.4, 0.5) is 0 Å². The van der Waals surface area contributed by atoms with Gasteiger partial charge in [0, 0.05) is 18.4 Å². The summed E-state index contributed by atoms with van der Waals surface area (Å²) in [5.74, 6) is -1.18. The monoisotopic (exact) mass is 267 g/mol. The minimum Gasteiger partial charge on any atom is -0.481 e. The van der Waals surface area contributed by atoms with Crippen LogP contribution in [0.1, 0.15) is 33.1 Å². The van der Waals surface area contributed by atoms with Gasteiger partial charge < -0.3 is 10.4 Å². The first kappa shape index (κ1) is 15.2. The first-order valence-electron chi connectivity index (χ1n) is 6.48. The number of nitrogens with zero attached hydrogens (tertiary/aromatic N) is 2. The zero-order chi connectivity index (χ0) is 14.3. The fourth-order valence-corrected chi connectivity index (χ4v) is 1.79. The number of nitrogens with one attached hydrogen (secondary N) is 1. The summed E-state index contributed by atoms with van der Waals surface area (Å²) in [5, 5.41) is 15.6. The summed E-state index contributed by atoms with van der Waals surface area (Å²) >= 11 is 0. The van der Waals surface area contributed by atoms with Gasteiger partial charge in [-0.15, -0.1) is 0 Å². The standard InChI is InChI=1S/C13H21N3O3/c1-10(13(18)19)5-3-6-11(2)15-12(17)9-16-8-4-7-14-16/h4,7-8,10-11H,3,5-6,9H2,1-2H3,(H,15,17)(H,18,19). The molecule has 0 spiro atoms. The molecule has 0 radical (unpaired) electrons. The molecule has 106 valence electrons. The molecule has 0 bridgehead atoms. The van der Waals surface area contributed by atoms with Crippen LogP contribution in [-0.4, -0.2) is 32.8 Å². The first-order valence-corrected chi connectivity index (χ1v) is 6.48. The Balaban J connectivity index is 2.18. The molecule has 6 nitrogen and oxygen atoms in total. The minimum atomic E-state index is -0.768. The van der Waals surface area contributed by atoms with Gasteiger partial charge in [0.05, 0.1) is 5.92 Å². The fraction of sp³-hybridized carbons (Fsp3) is 0.615. The summed E-state index contributed by atoms with van der Waals surface area (Å²) in [4.78, 5) is 22.3. The topological polar surface area (TPSA) is 84.2 Å². The van der Waals surface area contributed by atoms with E-state index in [-0.39, 0.29) is 24.4 Å². The molecule has 19 heavy (non-hydrogen) atoms. The highest BCUT2D eigenvalue weighted by atomic mass is 16.4. The second kappa shape index (κ2) is 7.56. The molecule has 0 aromatic carbocycles. The molecule has 2 unspecified atom stereocenters. The lowest BCUT2D eigenvalue weighted by molar-refractivity contribution is -0.141. The van der Waals surface area contributed by atoms with Gasteiger partial charge in [0.25, 0.3) is 0 Å². The zero-order valence-electron chi connectivity index (χ0n) is 11.4. The first-order chi connectivity index (χ1) is 8.99. The van der Waals surface area contributed by atoms with Gasteiger partial charge in [0.2, 0.25) is 5.91 Å². The van der Waals surface area contributed by atoms with Crippen molar-refractivity contribution in [3.05, 3.63) is 18.5 Å². The molecule has 1 amide bonds. The Morgan fingerprint density at radius 3 is 2.68 bits per heavy atom. The molecule has 2 atom stereocenters. The third-order valence-corrected chi connectivity index (χ3v) is 2.97.